The van der Waals surface area contributed by atoms with E-state index in [0.29, 0.717) is 11.5 Å². The zero-order valence-corrected chi connectivity index (χ0v) is 8.06. The summed E-state index contributed by atoms with van der Waals surface area (Å²) in [6.45, 7) is 1.72. The summed E-state index contributed by atoms with van der Waals surface area (Å²) in [5.41, 5.74) is -0.211. The van der Waals surface area contributed by atoms with Crippen molar-refractivity contribution in [3.05, 3.63) is 29.2 Å². The molecule has 0 saturated heterocycles. The Morgan fingerprint density at radius 2 is 2.07 bits per heavy atom. The fraction of sp³-hybridized carbons (Fsp3) is 0.200. The van der Waals surface area contributed by atoms with Crippen molar-refractivity contribution in [2.24, 2.45) is 0 Å². The van der Waals surface area contributed by atoms with Crippen LogP contribution in [0, 0.1) is 6.92 Å². The predicted octanol–water partition coefficient (Wildman–Crippen LogP) is 1.53. The van der Waals surface area contributed by atoms with Gasteiger partial charge in [0.2, 0.25) is 0 Å². The lowest BCUT2D eigenvalue weighted by Gasteiger charge is -1.96. The summed E-state index contributed by atoms with van der Waals surface area (Å²) in [5, 5.41) is 17.2. The van der Waals surface area contributed by atoms with Gasteiger partial charge in [-0.2, -0.15) is 0 Å². The Balaban J connectivity index is 2.93. The second-order valence-electron chi connectivity index (χ2n) is 2.99. The van der Waals surface area contributed by atoms with Gasteiger partial charge in [-0.05, 0) is 25.1 Å². The number of carboxylic acids is 2. The van der Waals surface area contributed by atoms with Crippen LogP contribution in [0.1, 0.15) is 17.9 Å². The van der Waals surface area contributed by atoms with E-state index < -0.39 is 18.4 Å². The molecule has 0 unspecified atom stereocenters. The van der Waals surface area contributed by atoms with Gasteiger partial charge < -0.3 is 14.6 Å². The summed E-state index contributed by atoms with van der Waals surface area (Å²) in [6, 6.07) is 3.26. The molecule has 0 amide bonds. The maximum Gasteiger partial charge on any atom is 0.332 e. The number of aliphatic carboxylic acids is 2. The summed E-state index contributed by atoms with van der Waals surface area (Å²) in [6.07, 6.45) is 0.679. The van der Waals surface area contributed by atoms with Gasteiger partial charge in [-0.3, -0.25) is 4.79 Å². The molecule has 0 saturated carbocycles. The van der Waals surface area contributed by atoms with Crippen LogP contribution in [0.2, 0.25) is 0 Å². The van der Waals surface area contributed by atoms with Crippen LogP contribution >= 0.6 is 0 Å². The average Bonchev–Trinajstić information content (AvgIpc) is 2.49. The zero-order chi connectivity index (χ0) is 11.4. The van der Waals surface area contributed by atoms with E-state index in [1.807, 2.05) is 0 Å². The van der Waals surface area contributed by atoms with E-state index in [2.05, 4.69) is 0 Å². The second-order valence-corrected chi connectivity index (χ2v) is 2.99. The smallest absolute Gasteiger partial charge is 0.332 e. The molecule has 1 rings (SSSR count). The van der Waals surface area contributed by atoms with Crippen molar-refractivity contribution < 1.29 is 24.2 Å². The average molecular weight is 210 g/mol. The minimum absolute atomic E-state index is 0.211. The summed E-state index contributed by atoms with van der Waals surface area (Å²) in [5.74, 6) is -1.47. The number of furan rings is 1. The molecule has 0 aliphatic heterocycles. The molecule has 0 radical (unpaired) electrons. The molecule has 1 aromatic rings. The lowest BCUT2D eigenvalue weighted by Crippen LogP contribution is -2.06. The topological polar surface area (TPSA) is 87.7 Å². The van der Waals surface area contributed by atoms with E-state index in [1.54, 1.807) is 19.1 Å². The van der Waals surface area contributed by atoms with Crippen LogP contribution < -0.4 is 0 Å². The SMILES string of the molecule is Cc1ccc(/C=C(\CC(=O)O)C(=O)O)o1. The quantitative estimate of drug-likeness (QED) is 0.736. The summed E-state index contributed by atoms with van der Waals surface area (Å²) in [4.78, 5) is 21.0. The van der Waals surface area contributed by atoms with Crippen LogP contribution in [-0.2, 0) is 9.59 Å². The lowest BCUT2D eigenvalue weighted by atomic mass is 10.1. The molecular formula is C10H10O5. The first-order valence-electron chi connectivity index (χ1n) is 4.21. The highest BCUT2D eigenvalue weighted by Crippen LogP contribution is 2.13. The number of hydrogen-bond donors (Lipinski definition) is 2. The molecule has 0 aliphatic carbocycles. The summed E-state index contributed by atoms with van der Waals surface area (Å²) < 4.78 is 5.11. The molecule has 80 valence electrons. The van der Waals surface area contributed by atoms with E-state index in [9.17, 15) is 9.59 Å². The van der Waals surface area contributed by atoms with E-state index >= 15 is 0 Å². The molecule has 5 nitrogen and oxygen atoms in total. The van der Waals surface area contributed by atoms with Crippen molar-refractivity contribution in [3.8, 4) is 0 Å². The fourth-order valence-electron chi connectivity index (χ4n) is 1.05. The normalized spacial score (nSPS) is 11.4. The minimum Gasteiger partial charge on any atom is -0.481 e. The third-order valence-electron chi connectivity index (χ3n) is 1.69. The largest absolute Gasteiger partial charge is 0.481 e. The van der Waals surface area contributed by atoms with Crippen molar-refractivity contribution in [2.45, 2.75) is 13.3 Å². The van der Waals surface area contributed by atoms with E-state index in [4.69, 9.17) is 14.6 Å². The van der Waals surface area contributed by atoms with Gasteiger partial charge in [0, 0.05) is 0 Å². The minimum atomic E-state index is -1.26. The van der Waals surface area contributed by atoms with Crippen LogP contribution in [0.15, 0.2) is 22.1 Å². The third-order valence-corrected chi connectivity index (χ3v) is 1.69. The number of aryl methyl sites for hydroxylation is 1. The first-order chi connectivity index (χ1) is 6.99. The molecule has 0 spiro atoms. The molecule has 1 aromatic heterocycles. The maximum atomic E-state index is 10.7. The van der Waals surface area contributed by atoms with Gasteiger partial charge >= 0.3 is 11.9 Å². The van der Waals surface area contributed by atoms with Crippen molar-refractivity contribution in [3.63, 3.8) is 0 Å². The van der Waals surface area contributed by atoms with Gasteiger partial charge in [0.1, 0.15) is 11.5 Å². The van der Waals surface area contributed by atoms with Gasteiger partial charge in [-0.25, -0.2) is 4.79 Å². The van der Waals surface area contributed by atoms with Crippen LogP contribution in [0.3, 0.4) is 0 Å². The zero-order valence-electron chi connectivity index (χ0n) is 8.06. The second kappa shape index (κ2) is 4.45. The van der Waals surface area contributed by atoms with Crippen molar-refractivity contribution in [1.82, 2.24) is 0 Å². The van der Waals surface area contributed by atoms with Crippen molar-refractivity contribution >= 4 is 18.0 Å². The van der Waals surface area contributed by atoms with E-state index in [1.165, 1.54) is 6.08 Å². The van der Waals surface area contributed by atoms with Crippen molar-refractivity contribution in [2.75, 3.05) is 0 Å². The Hall–Kier alpha value is -2.04. The van der Waals surface area contributed by atoms with Crippen molar-refractivity contribution in [1.29, 1.82) is 0 Å². The van der Waals surface area contributed by atoms with Gasteiger partial charge in [-0.15, -0.1) is 0 Å². The highest BCUT2D eigenvalue weighted by molar-refractivity contribution is 5.96. The van der Waals surface area contributed by atoms with Crippen LogP contribution in [0.4, 0.5) is 0 Å². The number of hydrogen-bond acceptors (Lipinski definition) is 3. The van der Waals surface area contributed by atoms with Gasteiger partial charge in [0.05, 0.1) is 12.0 Å². The molecule has 1 heterocycles. The number of carboxylic acid groups (broad SMARTS) is 2. The van der Waals surface area contributed by atoms with E-state index in [-0.39, 0.29) is 5.57 Å². The van der Waals surface area contributed by atoms with Gasteiger partial charge in [0.15, 0.2) is 0 Å². The fourth-order valence-corrected chi connectivity index (χ4v) is 1.05. The highest BCUT2D eigenvalue weighted by atomic mass is 16.4. The van der Waals surface area contributed by atoms with Crippen LogP contribution in [0.5, 0.6) is 0 Å². The first kappa shape index (κ1) is 11.0. The monoisotopic (exact) mass is 210 g/mol. The molecule has 0 aromatic carbocycles. The Kier molecular flexibility index (Phi) is 3.28. The summed E-state index contributed by atoms with van der Waals surface area (Å²) in [7, 11) is 0. The Morgan fingerprint density at radius 3 is 2.47 bits per heavy atom. The Labute approximate surface area is 85.6 Å². The number of rotatable bonds is 4. The molecule has 0 fully saturated rings. The molecule has 0 aliphatic rings. The Bertz CT molecular complexity index is 413. The van der Waals surface area contributed by atoms with E-state index in [0.717, 1.165) is 0 Å². The number of carbonyl (C=O) groups is 2. The molecule has 0 atom stereocenters. The van der Waals surface area contributed by atoms with Gasteiger partial charge in [0.25, 0.3) is 0 Å². The molecule has 0 bridgehead atoms. The Morgan fingerprint density at radius 1 is 1.40 bits per heavy atom. The first-order valence-corrected chi connectivity index (χ1v) is 4.21. The maximum absolute atomic E-state index is 10.7. The lowest BCUT2D eigenvalue weighted by molar-refractivity contribution is -0.139. The predicted molar refractivity (Wildman–Crippen MR) is 51.3 cm³/mol. The highest BCUT2D eigenvalue weighted by Gasteiger charge is 2.12. The standard InChI is InChI=1S/C10H10O5/c1-6-2-3-8(15-6)4-7(10(13)14)5-9(11)12/h2-4H,5H2,1H3,(H,11,12)(H,13,14)/b7-4+. The molecule has 2 N–H and O–H groups in total. The van der Waals surface area contributed by atoms with Crippen LogP contribution in [-0.4, -0.2) is 22.2 Å². The molecule has 5 heteroatoms. The summed E-state index contributed by atoms with van der Waals surface area (Å²) >= 11 is 0. The van der Waals surface area contributed by atoms with Crippen LogP contribution in [0.25, 0.3) is 6.08 Å². The van der Waals surface area contributed by atoms with Gasteiger partial charge in [-0.1, -0.05) is 0 Å². The molecule has 15 heavy (non-hydrogen) atoms. The molecular weight excluding hydrogens is 200 g/mol. The third kappa shape index (κ3) is 3.30.